The van der Waals surface area contributed by atoms with Crippen LogP contribution in [-0.2, 0) is 16.6 Å². The SMILES string of the molecule is CNC(=O)c1ccc2n1CCN(S(=O)(=O)c1cc(-c3ccccc3)no1)[C@@H]2C. The highest BCUT2D eigenvalue weighted by molar-refractivity contribution is 7.89. The zero-order valence-corrected chi connectivity index (χ0v) is 16.3. The van der Waals surface area contributed by atoms with Crippen LogP contribution >= 0.6 is 0 Å². The third-order valence-corrected chi connectivity index (χ3v) is 6.82. The van der Waals surface area contributed by atoms with Crippen LogP contribution in [0.5, 0.6) is 0 Å². The molecule has 1 atom stereocenters. The zero-order chi connectivity index (χ0) is 19.9. The number of carbonyl (C=O) groups excluding carboxylic acids is 1. The summed E-state index contributed by atoms with van der Waals surface area (Å²) in [6.45, 7) is 2.41. The van der Waals surface area contributed by atoms with E-state index in [4.69, 9.17) is 4.52 Å². The van der Waals surface area contributed by atoms with E-state index in [0.717, 1.165) is 11.3 Å². The maximum atomic E-state index is 13.2. The van der Waals surface area contributed by atoms with Gasteiger partial charge in [-0.25, -0.2) is 8.42 Å². The molecule has 3 aromatic rings. The Hall–Kier alpha value is -2.91. The molecule has 9 heteroatoms. The Bertz CT molecular complexity index is 1120. The first-order valence-electron chi connectivity index (χ1n) is 8.89. The summed E-state index contributed by atoms with van der Waals surface area (Å²) in [7, 11) is -2.30. The molecule has 0 saturated heterocycles. The average molecular weight is 400 g/mol. The smallest absolute Gasteiger partial charge is 0.279 e. The lowest BCUT2D eigenvalue weighted by molar-refractivity contribution is 0.0951. The van der Waals surface area contributed by atoms with Crippen molar-refractivity contribution in [3.8, 4) is 11.3 Å². The summed E-state index contributed by atoms with van der Waals surface area (Å²) < 4.78 is 34.7. The number of hydrogen-bond acceptors (Lipinski definition) is 5. The van der Waals surface area contributed by atoms with Gasteiger partial charge in [0.25, 0.3) is 21.0 Å². The quantitative estimate of drug-likeness (QED) is 0.725. The van der Waals surface area contributed by atoms with Crippen LogP contribution < -0.4 is 5.32 Å². The number of benzene rings is 1. The van der Waals surface area contributed by atoms with Gasteiger partial charge in [-0.1, -0.05) is 35.5 Å². The molecule has 0 aliphatic carbocycles. The molecule has 0 saturated carbocycles. The minimum atomic E-state index is -3.87. The van der Waals surface area contributed by atoms with E-state index in [9.17, 15) is 13.2 Å². The van der Waals surface area contributed by atoms with Gasteiger partial charge in [-0.15, -0.1) is 0 Å². The van der Waals surface area contributed by atoms with E-state index in [-0.39, 0.29) is 17.5 Å². The van der Waals surface area contributed by atoms with Gasteiger partial charge in [0.15, 0.2) is 0 Å². The van der Waals surface area contributed by atoms with E-state index in [1.165, 1.54) is 10.4 Å². The Balaban J connectivity index is 1.65. The third-order valence-electron chi connectivity index (χ3n) is 5.00. The highest BCUT2D eigenvalue weighted by Crippen LogP contribution is 2.33. The highest BCUT2D eigenvalue weighted by atomic mass is 32.2. The van der Waals surface area contributed by atoms with Crippen LogP contribution in [0.4, 0.5) is 0 Å². The van der Waals surface area contributed by atoms with Gasteiger partial charge in [-0.2, -0.15) is 4.31 Å². The molecule has 3 heterocycles. The predicted molar refractivity (Wildman–Crippen MR) is 102 cm³/mol. The largest absolute Gasteiger partial charge is 0.354 e. The van der Waals surface area contributed by atoms with E-state index in [2.05, 4.69) is 10.5 Å². The first-order valence-corrected chi connectivity index (χ1v) is 10.3. The molecule has 1 N–H and O–H groups in total. The maximum absolute atomic E-state index is 13.2. The van der Waals surface area contributed by atoms with Gasteiger partial charge < -0.3 is 14.4 Å². The molecular weight excluding hydrogens is 380 g/mol. The molecule has 146 valence electrons. The van der Waals surface area contributed by atoms with E-state index in [1.54, 1.807) is 26.1 Å². The van der Waals surface area contributed by atoms with Gasteiger partial charge in [0, 0.05) is 37.5 Å². The molecule has 4 rings (SSSR count). The molecule has 0 fully saturated rings. The van der Waals surface area contributed by atoms with Crippen molar-refractivity contribution in [2.45, 2.75) is 24.6 Å². The summed E-state index contributed by atoms with van der Waals surface area (Å²) >= 11 is 0. The van der Waals surface area contributed by atoms with E-state index < -0.39 is 16.1 Å². The summed E-state index contributed by atoms with van der Waals surface area (Å²) in [5, 5.41) is 6.33. The molecule has 0 unspecified atom stereocenters. The fourth-order valence-electron chi connectivity index (χ4n) is 3.53. The molecule has 28 heavy (non-hydrogen) atoms. The second-order valence-electron chi connectivity index (χ2n) is 6.56. The molecule has 0 spiro atoms. The van der Waals surface area contributed by atoms with Crippen LogP contribution in [0.15, 0.2) is 58.1 Å². The summed E-state index contributed by atoms with van der Waals surface area (Å²) in [4.78, 5) is 12.0. The molecule has 1 aliphatic rings. The molecular formula is C19H20N4O4S. The lowest BCUT2D eigenvalue weighted by Gasteiger charge is -2.33. The summed E-state index contributed by atoms with van der Waals surface area (Å²) in [6, 6.07) is 13.7. The van der Waals surface area contributed by atoms with Crippen molar-refractivity contribution >= 4 is 15.9 Å². The standard InChI is InChI=1S/C19H20N4O4S/c1-13-16-8-9-17(19(24)20-2)22(16)10-11-23(13)28(25,26)18-12-15(21-27-18)14-6-4-3-5-7-14/h3-9,12-13H,10-11H2,1-2H3,(H,20,24)/t13-/m1/s1. The lowest BCUT2D eigenvalue weighted by atomic mass is 10.2. The Morgan fingerprint density at radius 1 is 1.18 bits per heavy atom. The Labute approximate surface area is 162 Å². The summed E-state index contributed by atoms with van der Waals surface area (Å²) in [5.41, 5.74) is 2.53. The fourth-order valence-corrected chi connectivity index (χ4v) is 5.00. The van der Waals surface area contributed by atoms with Crippen LogP contribution in [-0.4, -0.2) is 41.9 Å². The average Bonchev–Trinajstić information content (AvgIpc) is 3.36. The van der Waals surface area contributed by atoms with Gasteiger partial charge in [-0.05, 0) is 19.1 Å². The van der Waals surface area contributed by atoms with Crippen LogP contribution in [0.1, 0.15) is 29.1 Å². The minimum absolute atomic E-state index is 0.190. The van der Waals surface area contributed by atoms with Crippen molar-refractivity contribution in [1.82, 2.24) is 19.3 Å². The molecule has 1 aliphatic heterocycles. The number of sulfonamides is 1. The number of nitrogens with one attached hydrogen (secondary N) is 1. The second-order valence-corrected chi connectivity index (χ2v) is 8.38. The van der Waals surface area contributed by atoms with Crippen molar-refractivity contribution in [2.75, 3.05) is 13.6 Å². The van der Waals surface area contributed by atoms with Crippen molar-refractivity contribution in [2.24, 2.45) is 0 Å². The number of hydrogen-bond donors (Lipinski definition) is 1. The second kappa shape index (κ2) is 6.92. The lowest BCUT2D eigenvalue weighted by Crippen LogP contribution is -2.41. The first-order chi connectivity index (χ1) is 13.4. The topological polar surface area (TPSA) is 97.4 Å². The highest BCUT2D eigenvalue weighted by Gasteiger charge is 2.37. The van der Waals surface area contributed by atoms with Crippen molar-refractivity contribution in [3.63, 3.8) is 0 Å². The Morgan fingerprint density at radius 3 is 2.64 bits per heavy atom. The Kier molecular flexibility index (Phi) is 4.56. The van der Waals surface area contributed by atoms with Gasteiger partial charge in [0.2, 0.25) is 0 Å². The van der Waals surface area contributed by atoms with Crippen molar-refractivity contribution in [1.29, 1.82) is 0 Å². The van der Waals surface area contributed by atoms with E-state index in [0.29, 0.717) is 17.9 Å². The molecule has 1 amide bonds. The van der Waals surface area contributed by atoms with Gasteiger partial charge in [0.1, 0.15) is 11.4 Å². The fraction of sp³-hybridized carbons (Fsp3) is 0.263. The number of carbonyl (C=O) groups is 1. The molecule has 2 aromatic heterocycles. The normalized spacial score (nSPS) is 17.3. The minimum Gasteiger partial charge on any atom is -0.354 e. The van der Waals surface area contributed by atoms with E-state index in [1.807, 2.05) is 34.9 Å². The molecule has 1 aromatic carbocycles. The number of nitrogens with zero attached hydrogens (tertiary/aromatic N) is 3. The van der Waals surface area contributed by atoms with Crippen LogP contribution in [0, 0.1) is 0 Å². The van der Waals surface area contributed by atoms with Gasteiger partial charge in [0.05, 0.1) is 6.04 Å². The monoisotopic (exact) mass is 400 g/mol. The van der Waals surface area contributed by atoms with Crippen molar-refractivity contribution < 1.29 is 17.7 Å². The third kappa shape index (κ3) is 2.92. The van der Waals surface area contributed by atoms with Crippen LogP contribution in [0.2, 0.25) is 0 Å². The van der Waals surface area contributed by atoms with Gasteiger partial charge >= 0.3 is 0 Å². The van der Waals surface area contributed by atoms with Crippen LogP contribution in [0.25, 0.3) is 11.3 Å². The number of amides is 1. The summed E-state index contributed by atoms with van der Waals surface area (Å²) in [6.07, 6.45) is 0. The van der Waals surface area contributed by atoms with Crippen LogP contribution in [0.3, 0.4) is 0 Å². The first kappa shape index (κ1) is 18.5. The van der Waals surface area contributed by atoms with Crippen molar-refractivity contribution in [3.05, 3.63) is 59.9 Å². The zero-order valence-electron chi connectivity index (χ0n) is 15.5. The maximum Gasteiger partial charge on any atom is 0.279 e. The summed E-state index contributed by atoms with van der Waals surface area (Å²) in [5.74, 6) is -0.197. The molecule has 0 radical (unpaired) electrons. The Morgan fingerprint density at radius 2 is 1.93 bits per heavy atom. The predicted octanol–water partition coefficient (Wildman–Crippen LogP) is 2.27. The molecule has 8 nitrogen and oxygen atoms in total. The van der Waals surface area contributed by atoms with Gasteiger partial charge in [-0.3, -0.25) is 4.79 Å². The number of aromatic nitrogens is 2. The molecule has 0 bridgehead atoms. The van der Waals surface area contributed by atoms with E-state index >= 15 is 0 Å². The number of fused-ring (bicyclic) bond motifs is 1. The number of rotatable bonds is 4.